The fourth-order valence-corrected chi connectivity index (χ4v) is 4.89. The molecular weight excluding hydrogens is 490 g/mol. The lowest BCUT2D eigenvalue weighted by Gasteiger charge is -2.26. The minimum absolute atomic E-state index is 0.158. The molecule has 0 saturated carbocycles. The predicted octanol–water partition coefficient (Wildman–Crippen LogP) is 4.80. The van der Waals surface area contributed by atoms with Gasteiger partial charge in [-0.15, -0.1) is 11.3 Å². The van der Waals surface area contributed by atoms with Crippen LogP contribution in [0.4, 0.5) is 16.5 Å². The molecule has 0 bridgehead atoms. The van der Waals surface area contributed by atoms with E-state index in [-0.39, 0.29) is 5.91 Å². The first kappa shape index (κ1) is 24.9. The Hall–Kier alpha value is -3.73. The molecule has 2 N–H and O–H groups in total. The molecule has 5 rings (SSSR count). The summed E-state index contributed by atoms with van der Waals surface area (Å²) in [4.78, 5) is 24.5. The number of nitrogens with zero attached hydrogens (tertiary/aromatic N) is 3. The van der Waals surface area contributed by atoms with Crippen LogP contribution in [0.15, 0.2) is 60.9 Å². The predicted molar refractivity (Wildman–Crippen MR) is 145 cm³/mol. The summed E-state index contributed by atoms with van der Waals surface area (Å²) in [5.41, 5.74) is 1.49. The number of hydrogen-bond donors (Lipinski definition) is 2. The van der Waals surface area contributed by atoms with Gasteiger partial charge >= 0.3 is 0 Å². The first-order valence-electron chi connectivity index (χ1n) is 12.2. The lowest BCUT2D eigenvalue weighted by atomic mass is 10.2. The summed E-state index contributed by atoms with van der Waals surface area (Å²) >= 11 is 1.35. The van der Waals surface area contributed by atoms with Gasteiger partial charge in [-0.25, -0.2) is 9.97 Å². The van der Waals surface area contributed by atoms with E-state index in [1.165, 1.54) is 17.7 Å². The first-order valence-corrected chi connectivity index (χ1v) is 13.0. The second-order valence-electron chi connectivity index (χ2n) is 8.51. The average molecular weight is 520 g/mol. The third-order valence-electron chi connectivity index (χ3n) is 6.00. The number of methoxy groups -OCH3 is 1. The molecule has 1 amide bonds. The Morgan fingerprint density at radius 1 is 1.08 bits per heavy atom. The van der Waals surface area contributed by atoms with E-state index in [0.29, 0.717) is 28.8 Å². The summed E-state index contributed by atoms with van der Waals surface area (Å²) in [6, 6.07) is 16.8. The van der Waals surface area contributed by atoms with E-state index < -0.39 is 0 Å². The maximum atomic E-state index is 12.6. The van der Waals surface area contributed by atoms with Crippen LogP contribution < -0.4 is 20.1 Å². The fourth-order valence-electron chi connectivity index (χ4n) is 4.09. The zero-order valence-corrected chi connectivity index (χ0v) is 21.4. The van der Waals surface area contributed by atoms with Gasteiger partial charge in [-0.1, -0.05) is 18.2 Å². The number of hydrogen-bond acceptors (Lipinski definition) is 9. The number of para-hydroxylation sites is 1. The Labute approximate surface area is 219 Å². The Balaban J connectivity index is 1.26. The van der Waals surface area contributed by atoms with Gasteiger partial charge < -0.3 is 24.8 Å². The third kappa shape index (κ3) is 6.34. The highest BCUT2D eigenvalue weighted by Gasteiger charge is 2.15. The van der Waals surface area contributed by atoms with Gasteiger partial charge in [0, 0.05) is 36.8 Å². The number of amides is 1. The Morgan fingerprint density at radius 2 is 1.92 bits per heavy atom. The number of carbonyl (C=O) groups is 1. The van der Waals surface area contributed by atoms with E-state index >= 15 is 0 Å². The van der Waals surface area contributed by atoms with Crippen molar-refractivity contribution in [1.29, 1.82) is 0 Å². The van der Waals surface area contributed by atoms with Gasteiger partial charge in [0.1, 0.15) is 12.1 Å². The molecule has 1 aliphatic heterocycles. The van der Waals surface area contributed by atoms with Gasteiger partial charge in [0.25, 0.3) is 5.91 Å². The van der Waals surface area contributed by atoms with Crippen LogP contribution in [-0.4, -0.2) is 67.3 Å². The fraction of sp³-hybridized carbons (Fsp3) is 0.296. The second-order valence-corrected chi connectivity index (χ2v) is 9.59. The van der Waals surface area contributed by atoms with Crippen molar-refractivity contribution >= 4 is 44.7 Å². The molecule has 0 radical (unpaired) electrons. The molecule has 192 valence electrons. The highest BCUT2D eigenvalue weighted by molar-refractivity contribution is 7.18. The van der Waals surface area contributed by atoms with Gasteiger partial charge in [0.05, 0.1) is 42.3 Å². The molecule has 3 heterocycles. The van der Waals surface area contributed by atoms with E-state index in [1.807, 2.05) is 48.5 Å². The third-order valence-corrected chi connectivity index (χ3v) is 7.00. The molecule has 2 aromatic carbocycles. The summed E-state index contributed by atoms with van der Waals surface area (Å²) in [6.07, 6.45) is 2.42. The number of ether oxygens (including phenoxy) is 3. The number of nitrogens with one attached hydrogen (secondary N) is 2. The van der Waals surface area contributed by atoms with Gasteiger partial charge in [-0.05, 0) is 36.8 Å². The summed E-state index contributed by atoms with van der Waals surface area (Å²) in [5.74, 6) is 1.73. The lowest BCUT2D eigenvalue weighted by molar-refractivity contribution is 0.0357. The molecular formula is C27H29N5O4S. The van der Waals surface area contributed by atoms with Crippen LogP contribution >= 0.6 is 11.3 Å². The van der Waals surface area contributed by atoms with Crippen LogP contribution in [0.3, 0.4) is 0 Å². The molecule has 1 saturated heterocycles. The average Bonchev–Trinajstić information content (AvgIpc) is 3.41. The molecule has 0 spiro atoms. The van der Waals surface area contributed by atoms with Crippen molar-refractivity contribution < 1.29 is 19.0 Å². The van der Waals surface area contributed by atoms with Crippen LogP contribution in [0.2, 0.25) is 0 Å². The molecule has 1 fully saturated rings. The number of aromatic nitrogens is 2. The van der Waals surface area contributed by atoms with Crippen molar-refractivity contribution in [2.75, 3.05) is 57.2 Å². The van der Waals surface area contributed by atoms with E-state index in [4.69, 9.17) is 14.2 Å². The zero-order chi connectivity index (χ0) is 25.5. The summed E-state index contributed by atoms with van der Waals surface area (Å²) in [6.45, 7) is 5.08. The lowest BCUT2D eigenvalue weighted by Crippen LogP contribution is -2.37. The normalized spacial score (nSPS) is 13.9. The molecule has 2 aromatic heterocycles. The van der Waals surface area contributed by atoms with E-state index in [1.54, 1.807) is 13.2 Å². The van der Waals surface area contributed by atoms with Crippen molar-refractivity contribution in [3.8, 4) is 11.5 Å². The van der Waals surface area contributed by atoms with Gasteiger partial charge in [0.15, 0.2) is 11.5 Å². The topological polar surface area (TPSA) is 97.8 Å². The number of anilines is 3. The summed E-state index contributed by atoms with van der Waals surface area (Å²) < 4.78 is 17.1. The van der Waals surface area contributed by atoms with E-state index in [2.05, 4.69) is 25.5 Å². The van der Waals surface area contributed by atoms with Crippen molar-refractivity contribution in [3.63, 3.8) is 0 Å². The van der Waals surface area contributed by atoms with E-state index in [0.717, 1.165) is 60.9 Å². The highest BCUT2D eigenvalue weighted by atomic mass is 32.1. The Kier molecular flexibility index (Phi) is 8.09. The van der Waals surface area contributed by atoms with Crippen LogP contribution in [0.5, 0.6) is 11.5 Å². The van der Waals surface area contributed by atoms with Crippen LogP contribution in [0.25, 0.3) is 10.9 Å². The standard InChI is InChI=1S/C27H29N5O4S/c1-34-22-16-20-21(17-23(22)36-13-5-10-32-11-14-35-15-12-32)28-18-29-26(20)31-25-9-8-24(37-25)27(33)30-19-6-3-2-4-7-19/h2-4,6-9,16-18H,5,10-15H2,1H3,(H,30,33)(H,28,29,31). The maximum Gasteiger partial charge on any atom is 0.265 e. The number of morpholine rings is 1. The molecule has 37 heavy (non-hydrogen) atoms. The molecule has 0 aliphatic carbocycles. The van der Waals surface area contributed by atoms with Crippen LogP contribution in [0.1, 0.15) is 16.1 Å². The first-order chi connectivity index (χ1) is 18.2. The van der Waals surface area contributed by atoms with Crippen molar-refractivity contribution in [2.45, 2.75) is 6.42 Å². The Bertz CT molecular complexity index is 1340. The SMILES string of the molecule is COc1cc2c(Nc3ccc(C(=O)Nc4ccccc4)s3)ncnc2cc1OCCCN1CCOCC1. The maximum absolute atomic E-state index is 12.6. The number of carbonyl (C=O) groups excluding carboxylic acids is 1. The van der Waals surface area contributed by atoms with Crippen LogP contribution in [0, 0.1) is 0 Å². The molecule has 9 nitrogen and oxygen atoms in total. The second kappa shape index (κ2) is 12.0. The number of fused-ring (bicyclic) bond motifs is 1. The minimum Gasteiger partial charge on any atom is -0.493 e. The molecule has 0 unspecified atom stereocenters. The van der Waals surface area contributed by atoms with Gasteiger partial charge in [0.2, 0.25) is 0 Å². The molecule has 4 aromatic rings. The number of thiophene rings is 1. The number of rotatable bonds is 10. The molecule has 10 heteroatoms. The zero-order valence-electron chi connectivity index (χ0n) is 20.6. The van der Waals surface area contributed by atoms with Gasteiger partial charge in [-0.3, -0.25) is 9.69 Å². The monoisotopic (exact) mass is 519 g/mol. The quantitative estimate of drug-likeness (QED) is 0.289. The smallest absolute Gasteiger partial charge is 0.265 e. The van der Waals surface area contributed by atoms with Crippen molar-refractivity contribution in [1.82, 2.24) is 14.9 Å². The highest BCUT2D eigenvalue weighted by Crippen LogP contribution is 2.35. The molecule has 1 aliphatic rings. The molecule has 0 atom stereocenters. The van der Waals surface area contributed by atoms with E-state index in [9.17, 15) is 4.79 Å². The summed E-state index contributed by atoms with van der Waals surface area (Å²) in [7, 11) is 1.62. The van der Waals surface area contributed by atoms with Crippen molar-refractivity contribution in [3.05, 3.63) is 65.8 Å². The summed E-state index contributed by atoms with van der Waals surface area (Å²) in [5, 5.41) is 7.81. The van der Waals surface area contributed by atoms with Crippen molar-refractivity contribution in [2.24, 2.45) is 0 Å². The number of benzene rings is 2. The minimum atomic E-state index is -0.158. The Morgan fingerprint density at radius 3 is 2.73 bits per heavy atom. The van der Waals surface area contributed by atoms with Crippen LogP contribution in [-0.2, 0) is 4.74 Å². The largest absolute Gasteiger partial charge is 0.493 e. The van der Waals surface area contributed by atoms with Gasteiger partial charge in [-0.2, -0.15) is 0 Å².